The highest BCUT2D eigenvalue weighted by Crippen LogP contribution is 2.54. The van der Waals surface area contributed by atoms with E-state index < -0.39 is 6.09 Å². The maximum atomic E-state index is 12.5. The summed E-state index contributed by atoms with van der Waals surface area (Å²) in [5.74, 6) is 2.42. The zero-order chi connectivity index (χ0) is 19.4. The Morgan fingerprint density at radius 1 is 1.00 bits per heavy atom. The maximum absolute atomic E-state index is 12.5. The Kier molecular flexibility index (Phi) is 4.22. The van der Waals surface area contributed by atoms with Crippen molar-refractivity contribution in [3.63, 3.8) is 0 Å². The average Bonchev–Trinajstić information content (AvgIpc) is 3.38. The molecule has 0 spiro atoms. The van der Waals surface area contributed by atoms with Gasteiger partial charge < -0.3 is 10.0 Å². The molecule has 2 aromatic carbocycles. The van der Waals surface area contributed by atoms with Crippen LogP contribution in [0.15, 0.2) is 48.5 Å². The molecular formula is C25H29NO2. The van der Waals surface area contributed by atoms with Crippen molar-refractivity contribution in [3.05, 3.63) is 59.7 Å². The second-order valence-electron chi connectivity index (χ2n) is 9.31. The largest absolute Gasteiger partial charge is 0.465 e. The molecule has 1 amide bonds. The summed E-state index contributed by atoms with van der Waals surface area (Å²) in [6, 6.07) is 17.2. The van der Waals surface area contributed by atoms with Gasteiger partial charge in [-0.1, -0.05) is 62.4 Å². The first-order valence-corrected chi connectivity index (χ1v) is 10.7. The van der Waals surface area contributed by atoms with Gasteiger partial charge in [0.15, 0.2) is 0 Å². The molecule has 2 bridgehead atoms. The first-order valence-electron chi connectivity index (χ1n) is 10.7. The molecule has 2 saturated carbocycles. The highest BCUT2D eigenvalue weighted by Gasteiger charge is 2.52. The Balaban J connectivity index is 1.52. The highest BCUT2D eigenvalue weighted by molar-refractivity contribution is 5.79. The topological polar surface area (TPSA) is 40.5 Å². The Morgan fingerprint density at radius 3 is 2.14 bits per heavy atom. The lowest BCUT2D eigenvalue weighted by Crippen LogP contribution is -2.50. The average molecular weight is 376 g/mol. The molecule has 2 fully saturated rings. The first kappa shape index (κ1) is 17.8. The van der Waals surface area contributed by atoms with Crippen LogP contribution in [0, 0.1) is 23.7 Å². The minimum Gasteiger partial charge on any atom is -0.465 e. The Labute approximate surface area is 167 Å². The van der Waals surface area contributed by atoms with Gasteiger partial charge >= 0.3 is 6.09 Å². The molecule has 0 aliphatic heterocycles. The summed E-state index contributed by atoms with van der Waals surface area (Å²) in [6.07, 6.45) is 2.95. The summed E-state index contributed by atoms with van der Waals surface area (Å²) in [5, 5.41) is 10.2. The van der Waals surface area contributed by atoms with Crippen LogP contribution in [0.4, 0.5) is 4.79 Å². The van der Waals surface area contributed by atoms with E-state index in [1.807, 2.05) is 4.90 Å². The van der Waals surface area contributed by atoms with Gasteiger partial charge in [0, 0.05) is 18.5 Å². The van der Waals surface area contributed by atoms with Crippen LogP contribution in [-0.4, -0.2) is 28.7 Å². The number of carbonyl (C=O) groups is 1. The van der Waals surface area contributed by atoms with Crippen molar-refractivity contribution in [1.82, 2.24) is 4.90 Å². The van der Waals surface area contributed by atoms with Crippen LogP contribution < -0.4 is 0 Å². The molecule has 0 heterocycles. The lowest BCUT2D eigenvalue weighted by molar-refractivity contribution is 0.0625. The summed E-state index contributed by atoms with van der Waals surface area (Å²) in [5.41, 5.74) is 5.09. The number of hydrogen-bond acceptors (Lipinski definition) is 1. The van der Waals surface area contributed by atoms with Gasteiger partial charge in [-0.15, -0.1) is 0 Å². The van der Waals surface area contributed by atoms with E-state index in [4.69, 9.17) is 0 Å². The normalized spacial score (nSPS) is 27.8. The van der Waals surface area contributed by atoms with E-state index in [0.29, 0.717) is 30.2 Å². The number of amides is 1. The van der Waals surface area contributed by atoms with Crippen LogP contribution in [0.25, 0.3) is 11.1 Å². The van der Waals surface area contributed by atoms with Gasteiger partial charge in [0.2, 0.25) is 0 Å². The number of hydrogen-bond donors (Lipinski definition) is 1. The van der Waals surface area contributed by atoms with Gasteiger partial charge in [-0.2, -0.15) is 0 Å². The molecule has 0 radical (unpaired) electrons. The lowest BCUT2D eigenvalue weighted by atomic mass is 9.76. The van der Waals surface area contributed by atoms with Crippen molar-refractivity contribution in [3.8, 4) is 11.1 Å². The third-order valence-corrected chi connectivity index (χ3v) is 7.65. The van der Waals surface area contributed by atoms with E-state index in [1.54, 1.807) is 0 Å². The summed E-state index contributed by atoms with van der Waals surface area (Å²) in [4.78, 5) is 14.3. The molecule has 2 aromatic rings. The minimum absolute atomic E-state index is 0.135. The van der Waals surface area contributed by atoms with Crippen molar-refractivity contribution in [2.75, 3.05) is 6.54 Å². The minimum atomic E-state index is -0.745. The molecule has 146 valence electrons. The predicted molar refractivity (Wildman–Crippen MR) is 111 cm³/mol. The van der Waals surface area contributed by atoms with Crippen molar-refractivity contribution in [2.45, 2.75) is 45.1 Å². The second-order valence-corrected chi connectivity index (χ2v) is 9.31. The molecule has 3 heteroatoms. The van der Waals surface area contributed by atoms with E-state index in [0.717, 1.165) is 0 Å². The highest BCUT2D eigenvalue weighted by atomic mass is 16.4. The van der Waals surface area contributed by atoms with Crippen LogP contribution >= 0.6 is 0 Å². The summed E-state index contributed by atoms with van der Waals surface area (Å²) >= 11 is 0. The zero-order valence-corrected chi connectivity index (χ0v) is 16.7. The summed E-state index contributed by atoms with van der Waals surface area (Å²) < 4.78 is 0. The molecule has 3 aliphatic rings. The van der Waals surface area contributed by atoms with Crippen LogP contribution in [0.5, 0.6) is 0 Å². The smallest absolute Gasteiger partial charge is 0.407 e. The number of rotatable bonds is 4. The molecule has 0 saturated heterocycles. The molecule has 3 nitrogen and oxygen atoms in total. The van der Waals surface area contributed by atoms with Gasteiger partial charge in [-0.05, 0) is 65.2 Å². The molecule has 3 aliphatic carbocycles. The van der Waals surface area contributed by atoms with Gasteiger partial charge in [0.25, 0.3) is 0 Å². The Bertz CT molecular complexity index is 859. The number of fused-ring (bicyclic) bond motifs is 5. The molecule has 4 atom stereocenters. The molecule has 1 N–H and O–H groups in total. The molecule has 5 rings (SSSR count). The second kappa shape index (κ2) is 6.65. The van der Waals surface area contributed by atoms with Gasteiger partial charge in [-0.25, -0.2) is 4.79 Å². The zero-order valence-electron chi connectivity index (χ0n) is 16.7. The third-order valence-electron chi connectivity index (χ3n) is 7.65. The van der Waals surface area contributed by atoms with E-state index in [2.05, 4.69) is 62.4 Å². The summed E-state index contributed by atoms with van der Waals surface area (Å²) in [7, 11) is 0. The van der Waals surface area contributed by atoms with Crippen LogP contribution in [0.2, 0.25) is 0 Å². The molecule has 28 heavy (non-hydrogen) atoms. The van der Waals surface area contributed by atoms with Gasteiger partial charge in [0.05, 0.1) is 0 Å². The third kappa shape index (κ3) is 2.59. The summed E-state index contributed by atoms with van der Waals surface area (Å²) in [6.45, 7) is 5.12. The Morgan fingerprint density at radius 2 is 1.57 bits per heavy atom. The van der Waals surface area contributed by atoms with Crippen LogP contribution in [0.1, 0.15) is 50.2 Å². The van der Waals surface area contributed by atoms with Crippen molar-refractivity contribution in [2.24, 2.45) is 23.7 Å². The van der Waals surface area contributed by atoms with E-state index >= 15 is 0 Å². The number of carboxylic acid groups (broad SMARTS) is 1. The van der Waals surface area contributed by atoms with Crippen LogP contribution in [0.3, 0.4) is 0 Å². The monoisotopic (exact) mass is 375 g/mol. The number of benzene rings is 2. The Hall–Kier alpha value is -2.29. The maximum Gasteiger partial charge on any atom is 0.407 e. The SMILES string of the molecule is CC(C)[C@@H]1[C@H]2CC[C@H](C2)[C@H]1N(CC1c2ccccc2-c2ccccc21)C(=O)O. The number of nitrogens with zero attached hydrogens (tertiary/aromatic N) is 1. The van der Waals surface area contributed by atoms with Crippen LogP contribution in [-0.2, 0) is 0 Å². The first-order chi connectivity index (χ1) is 13.6. The van der Waals surface area contributed by atoms with Crippen molar-refractivity contribution >= 4 is 6.09 Å². The fourth-order valence-corrected chi connectivity index (χ4v) is 6.69. The van der Waals surface area contributed by atoms with Crippen molar-refractivity contribution < 1.29 is 9.90 Å². The quantitative estimate of drug-likeness (QED) is 0.728. The molecular weight excluding hydrogens is 346 g/mol. The fraction of sp³-hybridized carbons (Fsp3) is 0.480. The van der Waals surface area contributed by atoms with E-state index in [-0.39, 0.29) is 12.0 Å². The van der Waals surface area contributed by atoms with E-state index in [9.17, 15) is 9.90 Å². The van der Waals surface area contributed by atoms with Gasteiger partial charge in [0.1, 0.15) is 0 Å². The van der Waals surface area contributed by atoms with Gasteiger partial charge in [-0.3, -0.25) is 0 Å². The molecule has 0 aromatic heterocycles. The van der Waals surface area contributed by atoms with E-state index in [1.165, 1.54) is 41.5 Å². The fourth-order valence-electron chi connectivity index (χ4n) is 6.69. The standard InChI is InChI=1S/C25H29NO2/c1-15(2)23-16-11-12-17(13-16)24(23)26(25(27)28)14-22-20-9-5-3-7-18(20)19-8-4-6-10-21(19)22/h3-10,15-17,22-24H,11-14H2,1-2H3,(H,27,28)/t16-,17+,23+,24+/m0/s1. The molecule has 0 unspecified atom stereocenters. The lowest BCUT2D eigenvalue weighted by Gasteiger charge is -2.41. The predicted octanol–water partition coefficient (Wildman–Crippen LogP) is 5.85. The van der Waals surface area contributed by atoms with Crippen molar-refractivity contribution in [1.29, 1.82) is 0 Å².